The van der Waals surface area contributed by atoms with Crippen LogP contribution in [0.5, 0.6) is 0 Å². The van der Waals surface area contributed by atoms with Gasteiger partial charge in [0.1, 0.15) is 5.76 Å². The predicted molar refractivity (Wildman–Crippen MR) is 53.8 cm³/mol. The zero-order valence-corrected chi connectivity index (χ0v) is 8.59. The molecule has 0 aliphatic heterocycles. The maximum atomic E-state index is 10.7. The summed E-state index contributed by atoms with van der Waals surface area (Å²) >= 11 is 0. The molecule has 0 aliphatic carbocycles. The molecule has 0 aromatic rings. The van der Waals surface area contributed by atoms with Crippen LogP contribution in [0.3, 0.4) is 0 Å². The van der Waals surface area contributed by atoms with Crippen LogP contribution >= 0.6 is 0 Å². The Morgan fingerprint density at radius 1 is 1.46 bits per heavy atom. The summed E-state index contributed by atoms with van der Waals surface area (Å²) < 4.78 is 0. The largest absolute Gasteiger partial charge is 0.508 e. The number of carbonyl (C=O) groups excluding carboxylic acids is 1. The van der Waals surface area contributed by atoms with E-state index in [0.29, 0.717) is 5.57 Å². The fraction of sp³-hybridized carbons (Fsp3) is 0.444. The monoisotopic (exact) mass is 186 g/mol. The van der Waals surface area contributed by atoms with Gasteiger partial charge in [-0.15, -0.1) is 0 Å². The molecule has 4 heteroatoms. The highest BCUT2D eigenvalue weighted by atomic mass is 16.3. The van der Waals surface area contributed by atoms with Crippen LogP contribution in [0.25, 0.3) is 0 Å². The third-order valence-electron chi connectivity index (χ3n) is 1.15. The van der Waals surface area contributed by atoms with Crippen LogP contribution < -0.4 is 11.3 Å². The molecule has 76 valence electrons. The van der Waals surface area contributed by atoms with E-state index in [9.17, 15) is 4.79 Å². The van der Waals surface area contributed by atoms with Gasteiger partial charge >= 0.3 is 0 Å². The van der Waals surface area contributed by atoms with Gasteiger partial charge in [-0.3, -0.25) is 10.2 Å². The Kier molecular flexibility index (Phi) is 9.65. The number of carbonyl (C=O) groups is 1. The van der Waals surface area contributed by atoms with E-state index in [-0.39, 0.29) is 5.76 Å². The Morgan fingerprint density at radius 2 is 1.92 bits per heavy atom. The smallest absolute Gasteiger partial charge is 0.260 e. The second kappa shape index (κ2) is 8.80. The van der Waals surface area contributed by atoms with Gasteiger partial charge in [0.15, 0.2) is 0 Å². The number of hydrazine groups is 1. The highest BCUT2D eigenvalue weighted by Gasteiger charge is 2.00. The van der Waals surface area contributed by atoms with Gasteiger partial charge in [-0.1, -0.05) is 13.8 Å². The molecule has 0 atom stereocenters. The van der Waals surface area contributed by atoms with Crippen molar-refractivity contribution in [2.45, 2.75) is 27.7 Å². The highest BCUT2D eigenvalue weighted by molar-refractivity contribution is 5.92. The highest BCUT2D eigenvalue weighted by Crippen LogP contribution is 1.97. The maximum Gasteiger partial charge on any atom is 0.260 e. The minimum Gasteiger partial charge on any atom is -0.508 e. The molecular formula is C9H18N2O2. The molecule has 0 spiro atoms. The average Bonchev–Trinajstić information content (AvgIpc) is 2.19. The number of amides is 1. The molecule has 4 N–H and O–H groups in total. The fourth-order valence-corrected chi connectivity index (χ4v) is 0.485. The normalized spacial score (nSPS) is 11.5. The minimum absolute atomic E-state index is 0.0473. The fourth-order valence-electron chi connectivity index (χ4n) is 0.485. The summed E-state index contributed by atoms with van der Waals surface area (Å²) in [6, 6.07) is 0. The molecule has 0 fully saturated rings. The van der Waals surface area contributed by atoms with Gasteiger partial charge < -0.3 is 5.11 Å². The first-order chi connectivity index (χ1) is 6.11. The SMILES string of the molecule is C/C=C(O)\C=C(/C)C(=O)NN.CC. The molecule has 0 unspecified atom stereocenters. The number of nitrogens with one attached hydrogen (secondary N) is 1. The molecular weight excluding hydrogens is 168 g/mol. The minimum atomic E-state index is -0.404. The van der Waals surface area contributed by atoms with Crippen molar-refractivity contribution in [2.75, 3.05) is 0 Å². The molecule has 0 aromatic carbocycles. The molecule has 0 aliphatic rings. The maximum absolute atomic E-state index is 10.7. The Labute approximate surface area is 79.1 Å². The molecule has 4 nitrogen and oxygen atoms in total. The number of nitrogens with two attached hydrogens (primary N) is 1. The Hall–Kier alpha value is -1.29. The average molecular weight is 186 g/mol. The van der Waals surface area contributed by atoms with Gasteiger partial charge in [-0.05, 0) is 26.0 Å². The van der Waals surface area contributed by atoms with Gasteiger partial charge in [-0.25, -0.2) is 5.84 Å². The topological polar surface area (TPSA) is 75.3 Å². The molecule has 0 radical (unpaired) electrons. The van der Waals surface area contributed by atoms with Crippen LogP contribution in [0.1, 0.15) is 27.7 Å². The van der Waals surface area contributed by atoms with Crippen molar-refractivity contribution in [1.29, 1.82) is 0 Å². The number of rotatable bonds is 2. The van der Waals surface area contributed by atoms with E-state index in [1.54, 1.807) is 13.8 Å². The quantitative estimate of drug-likeness (QED) is 0.152. The first kappa shape index (κ1) is 14.2. The first-order valence-corrected chi connectivity index (χ1v) is 4.16. The van der Waals surface area contributed by atoms with Crippen molar-refractivity contribution in [3.05, 3.63) is 23.5 Å². The number of aliphatic hydroxyl groups is 1. The standard InChI is InChI=1S/C7H12N2O2.C2H6/c1-3-6(10)4-5(2)7(11)9-8;1-2/h3-4,10H,8H2,1-2H3,(H,9,11);1-2H3/b5-4+,6-3+;. The molecule has 0 saturated heterocycles. The van der Waals surface area contributed by atoms with E-state index in [4.69, 9.17) is 10.9 Å². The van der Waals surface area contributed by atoms with Gasteiger partial charge in [-0.2, -0.15) is 0 Å². The number of aliphatic hydroxyl groups excluding tert-OH is 1. The summed E-state index contributed by atoms with van der Waals surface area (Å²) in [5, 5.41) is 8.94. The first-order valence-electron chi connectivity index (χ1n) is 4.16. The lowest BCUT2D eigenvalue weighted by Gasteiger charge is -1.97. The number of hydrogen-bond acceptors (Lipinski definition) is 3. The van der Waals surface area contributed by atoms with Gasteiger partial charge in [0, 0.05) is 5.57 Å². The van der Waals surface area contributed by atoms with Crippen molar-refractivity contribution in [1.82, 2.24) is 5.43 Å². The number of hydrogen-bond donors (Lipinski definition) is 3. The molecule has 1 amide bonds. The lowest BCUT2D eigenvalue weighted by atomic mass is 10.2. The van der Waals surface area contributed by atoms with Crippen molar-refractivity contribution in [3.8, 4) is 0 Å². The van der Waals surface area contributed by atoms with Crippen LogP contribution in [0.4, 0.5) is 0 Å². The molecule has 0 aromatic heterocycles. The van der Waals surface area contributed by atoms with Crippen molar-refractivity contribution in [3.63, 3.8) is 0 Å². The lowest BCUT2D eigenvalue weighted by molar-refractivity contribution is -0.117. The molecule has 13 heavy (non-hydrogen) atoms. The predicted octanol–water partition coefficient (Wildman–Crippen LogP) is 1.41. The Balaban J connectivity index is 0. The number of allylic oxidation sites excluding steroid dienone is 2. The van der Waals surface area contributed by atoms with Crippen molar-refractivity contribution in [2.24, 2.45) is 5.84 Å². The zero-order valence-electron chi connectivity index (χ0n) is 8.59. The van der Waals surface area contributed by atoms with Gasteiger partial charge in [0.05, 0.1) is 0 Å². The summed E-state index contributed by atoms with van der Waals surface area (Å²) in [5.74, 6) is 4.49. The summed E-state index contributed by atoms with van der Waals surface area (Å²) in [5.41, 5.74) is 2.31. The van der Waals surface area contributed by atoms with Crippen LogP contribution in [0, 0.1) is 0 Å². The van der Waals surface area contributed by atoms with E-state index in [1.807, 2.05) is 19.3 Å². The van der Waals surface area contributed by atoms with Crippen molar-refractivity contribution >= 4 is 5.91 Å². The molecule has 0 bridgehead atoms. The lowest BCUT2D eigenvalue weighted by Crippen LogP contribution is -2.30. The van der Waals surface area contributed by atoms with E-state index in [2.05, 4.69) is 0 Å². The van der Waals surface area contributed by atoms with Crippen LogP contribution in [0.2, 0.25) is 0 Å². The third kappa shape index (κ3) is 7.08. The zero-order chi connectivity index (χ0) is 10.9. The summed E-state index contributed by atoms with van der Waals surface area (Å²) in [6.45, 7) is 7.22. The Morgan fingerprint density at radius 3 is 2.23 bits per heavy atom. The molecule has 0 rings (SSSR count). The summed E-state index contributed by atoms with van der Waals surface area (Å²) in [6.07, 6.45) is 2.81. The van der Waals surface area contributed by atoms with Crippen molar-refractivity contribution < 1.29 is 9.90 Å². The van der Waals surface area contributed by atoms with Gasteiger partial charge in [0.25, 0.3) is 5.91 Å². The van der Waals surface area contributed by atoms with E-state index < -0.39 is 5.91 Å². The van der Waals surface area contributed by atoms with Gasteiger partial charge in [0.2, 0.25) is 0 Å². The second-order valence-corrected chi connectivity index (χ2v) is 2.01. The van der Waals surface area contributed by atoms with E-state index >= 15 is 0 Å². The third-order valence-corrected chi connectivity index (χ3v) is 1.15. The Bertz CT molecular complexity index is 208. The van der Waals surface area contributed by atoms with Crippen LogP contribution in [-0.2, 0) is 4.79 Å². The molecule has 0 heterocycles. The van der Waals surface area contributed by atoms with E-state index in [1.165, 1.54) is 12.2 Å². The van der Waals surface area contributed by atoms with Crippen LogP contribution in [0.15, 0.2) is 23.5 Å². The van der Waals surface area contributed by atoms with E-state index in [0.717, 1.165) is 0 Å². The molecule has 0 saturated carbocycles. The summed E-state index contributed by atoms with van der Waals surface area (Å²) in [7, 11) is 0. The van der Waals surface area contributed by atoms with Crippen LogP contribution in [-0.4, -0.2) is 11.0 Å². The summed E-state index contributed by atoms with van der Waals surface area (Å²) in [4.78, 5) is 10.7. The second-order valence-electron chi connectivity index (χ2n) is 2.01.